The molecule has 1 aromatic carbocycles. The fourth-order valence-corrected chi connectivity index (χ4v) is 3.26. The smallest absolute Gasteiger partial charge is 0.116 e. The van der Waals surface area contributed by atoms with Crippen LogP contribution in [-0.2, 0) is 13.5 Å². The summed E-state index contributed by atoms with van der Waals surface area (Å²) in [7, 11) is 1.92. The molecule has 18 heavy (non-hydrogen) atoms. The highest BCUT2D eigenvalue weighted by Gasteiger charge is 2.14. The minimum absolute atomic E-state index is 0.221. The van der Waals surface area contributed by atoms with Crippen LogP contribution in [0.25, 0.3) is 0 Å². The number of hydrogen-bond donors (Lipinski definition) is 1. The monoisotopic (exact) mass is 282 g/mol. The molecule has 2 rings (SSSR count). The third-order valence-corrected chi connectivity index (χ3v) is 4.47. The van der Waals surface area contributed by atoms with Gasteiger partial charge in [-0.2, -0.15) is 5.10 Å². The van der Waals surface area contributed by atoms with Gasteiger partial charge in [-0.1, -0.05) is 30.3 Å². The molecule has 0 bridgehead atoms. The molecule has 0 saturated heterocycles. The van der Waals surface area contributed by atoms with Crippen LogP contribution in [0.1, 0.15) is 18.2 Å². The Kier molecular flexibility index (Phi) is 3.88. The topological polar surface area (TPSA) is 38.0 Å². The number of hydrogen-bond acceptors (Lipinski definition) is 3. The minimum atomic E-state index is 0.221. The summed E-state index contributed by atoms with van der Waals surface area (Å²) in [5.41, 5.74) is 2.26. The first-order valence-electron chi connectivity index (χ1n) is 5.71. The Morgan fingerprint density at radius 1 is 1.44 bits per heavy atom. The molecule has 0 fully saturated rings. The van der Waals surface area contributed by atoms with Gasteiger partial charge in [0.05, 0.1) is 10.7 Å². The van der Waals surface area contributed by atoms with Crippen LogP contribution >= 0.6 is 23.4 Å². The second-order valence-corrected chi connectivity index (χ2v) is 5.50. The summed E-state index contributed by atoms with van der Waals surface area (Å²) in [6.45, 7) is 4.12. The summed E-state index contributed by atoms with van der Waals surface area (Å²) in [6.07, 6.45) is 0.929. The SMILES string of the molecule is CCc1c(C)nn(C)c1Sc1cc(O)ccc1Cl. The third kappa shape index (κ3) is 2.49. The van der Waals surface area contributed by atoms with E-state index in [1.165, 1.54) is 17.3 Å². The van der Waals surface area contributed by atoms with Gasteiger partial charge in [0, 0.05) is 17.5 Å². The first-order chi connectivity index (χ1) is 8.52. The number of rotatable bonds is 3. The molecule has 96 valence electrons. The van der Waals surface area contributed by atoms with Gasteiger partial charge in [0.15, 0.2) is 0 Å². The van der Waals surface area contributed by atoms with E-state index in [1.807, 2.05) is 18.7 Å². The Hall–Kier alpha value is -1.13. The standard InChI is InChI=1S/C13H15ClN2OS/c1-4-10-8(2)15-16(3)13(10)18-12-7-9(17)5-6-11(12)14/h5-7,17H,4H2,1-3H3. The maximum absolute atomic E-state index is 9.52. The van der Waals surface area contributed by atoms with Gasteiger partial charge in [0.1, 0.15) is 10.8 Å². The van der Waals surface area contributed by atoms with Crippen LogP contribution in [0.4, 0.5) is 0 Å². The van der Waals surface area contributed by atoms with Crippen LogP contribution in [-0.4, -0.2) is 14.9 Å². The molecule has 5 heteroatoms. The zero-order chi connectivity index (χ0) is 13.3. The maximum atomic E-state index is 9.52. The van der Waals surface area contributed by atoms with Crippen molar-refractivity contribution in [3.63, 3.8) is 0 Å². The Morgan fingerprint density at radius 3 is 2.83 bits per heavy atom. The number of aryl methyl sites for hydroxylation is 2. The Balaban J connectivity index is 2.42. The Bertz CT molecular complexity index is 581. The fraction of sp³-hybridized carbons (Fsp3) is 0.308. The summed E-state index contributed by atoms with van der Waals surface area (Å²) in [4.78, 5) is 0.842. The van der Waals surface area contributed by atoms with Crippen molar-refractivity contribution in [3.05, 3.63) is 34.5 Å². The lowest BCUT2D eigenvalue weighted by Gasteiger charge is -2.07. The molecule has 0 spiro atoms. The van der Waals surface area contributed by atoms with Crippen LogP contribution in [0.5, 0.6) is 5.75 Å². The molecule has 2 aromatic rings. The number of phenolic OH excluding ortho intramolecular Hbond substituents is 1. The summed E-state index contributed by atoms with van der Waals surface area (Å²) < 4.78 is 1.86. The van der Waals surface area contributed by atoms with E-state index in [0.717, 1.165) is 22.0 Å². The van der Waals surface area contributed by atoms with Crippen molar-refractivity contribution in [1.82, 2.24) is 9.78 Å². The zero-order valence-electron chi connectivity index (χ0n) is 10.6. The molecule has 1 N–H and O–H groups in total. The lowest BCUT2D eigenvalue weighted by atomic mass is 10.2. The lowest BCUT2D eigenvalue weighted by molar-refractivity contribution is 0.474. The second kappa shape index (κ2) is 5.24. The number of aromatic hydroxyl groups is 1. The van der Waals surface area contributed by atoms with Crippen LogP contribution in [0.2, 0.25) is 5.02 Å². The first-order valence-corrected chi connectivity index (χ1v) is 6.91. The van der Waals surface area contributed by atoms with E-state index in [9.17, 15) is 5.11 Å². The van der Waals surface area contributed by atoms with E-state index in [0.29, 0.717) is 5.02 Å². The number of aromatic nitrogens is 2. The molecule has 0 atom stereocenters. The highest BCUT2D eigenvalue weighted by molar-refractivity contribution is 7.99. The van der Waals surface area contributed by atoms with Crippen molar-refractivity contribution in [2.45, 2.75) is 30.2 Å². The first kappa shape index (κ1) is 13.3. The van der Waals surface area contributed by atoms with Gasteiger partial charge in [-0.3, -0.25) is 4.68 Å². The van der Waals surface area contributed by atoms with E-state index in [2.05, 4.69) is 12.0 Å². The Labute approximate surface area is 116 Å². The van der Waals surface area contributed by atoms with Crippen molar-refractivity contribution >= 4 is 23.4 Å². The number of halogens is 1. The number of nitrogens with zero attached hydrogens (tertiary/aromatic N) is 2. The summed E-state index contributed by atoms with van der Waals surface area (Å²) >= 11 is 7.67. The van der Waals surface area contributed by atoms with Gasteiger partial charge in [-0.15, -0.1) is 0 Å². The van der Waals surface area contributed by atoms with E-state index in [4.69, 9.17) is 11.6 Å². The lowest BCUT2D eigenvalue weighted by Crippen LogP contribution is -1.93. The van der Waals surface area contributed by atoms with Crippen molar-refractivity contribution in [2.24, 2.45) is 7.05 Å². The summed E-state index contributed by atoms with van der Waals surface area (Å²) in [5, 5.41) is 15.7. The molecule has 0 aliphatic heterocycles. The van der Waals surface area contributed by atoms with Crippen LogP contribution < -0.4 is 0 Å². The molecule has 0 saturated carbocycles. The molecule has 1 aromatic heterocycles. The fourth-order valence-electron chi connectivity index (χ4n) is 1.89. The van der Waals surface area contributed by atoms with Crippen molar-refractivity contribution in [1.29, 1.82) is 0 Å². The number of phenols is 1. The average molecular weight is 283 g/mol. The maximum Gasteiger partial charge on any atom is 0.116 e. The highest BCUT2D eigenvalue weighted by atomic mass is 35.5. The van der Waals surface area contributed by atoms with Gasteiger partial charge in [-0.05, 0) is 31.5 Å². The average Bonchev–Trinajstić information content (AvgIpc) is 2.58. The molecular formula is C13H15ClN2OS. The van der Waals surface area contributed by atoms with Crippen molar-refractivity contribution in [2.75, 3.05) is 0 Å². The predicted molar refractivity (Wildman–Crippen MR) is 74.6 cm³/mol. The van der Waals surface area contributed by atoms with E-state index in [-0.39, 0.29) is 5.75 Å². The van der Waals surface area contributed by atoms with Gasteiger partial charge < -0.3 is 5.11 Å². The van der Waals surface area contributed by atoms with Gasteiger partial charge in [0.25, 0.3) is 0 Å². The highest BCUT2D eigenvalue weighted by Crippen LogP contribution is 2.37. The molecule has 1 heterocycles. The molecule has 0 radical (unpaired) electrons. The van der Waals surface area contributed by atoms with Crippen LogP contribution in [0, 0.1) is 6.92 Å². The summed E-state index contributed by atoms with van der Waals surface area (Å²) in [6, 6.07) is 4.96. The normalized spacial score (nSPS) is 10.9. The third-order valence-electron chi connectivity index (χ3n) is 2.76. The number of benzene rings is 1. The quantitative estimate of drug-likeness (QED) is 0.930. The van der Waals surface area contributed by atoms with Crippen LogP contribution in [0.15, 0.2) is 28.1 Å². The van der Waals surface area contributed by atoms with E-state index >= 15 is 0 Å². The molecule has 0 aliphatic rings. The minimum Gasteiger partial charge on any atom is -0.508 e. The van der Waals surface area contributed by atoms with Gasteiger partial charge >= 0.3 is 0 Å². The largest absolute Gasteiger partial charge is 0.508 e. The Morgan fingerprint density at radius 2 is 2.17 bits per heavy atom. The second-order valence-electron chi connectivity index (χ2n) is 4.06. The zero-order valence-corrected chi connectivity index (χ0v) is 12.1. The molecule has 3 nitrogen and oxygen atoms in total. The molecule has 0 aliphatic carbocycles. The summed E-state index contributed by atoms with van der Waals surface area (Å²) in [5.74, 6) is 0.221. The molecular weight excluding hydrogens is 268 g/mol. The van der Waals surface area contributed by atoms with Crippen molar-refractivity contribution < 1.29 is 5.11 Å². The van der Waals surface area contributed by atoms with E-state index < -0.39 is 0 Å². The van der Waals surface area contributed by atoms with E-state index in [1.54, 1.807) is 18.2 Å². The van der Waals surface area contributed by atoms with Crippen LogP contribution in [0.3, 0.4) is 0 Å². The predicted octanol–water partition coefficient (Wildman–Crippen LogP) is 3.80. The molecule has 0 amide bonds. The van der Waals surface area contributed by atoms with Crippen molar-refractivity contribution in [3.8, 4) is 5.75 Å². The molecule has 0 unspecified atom stereocenters. The van der Waals surface area contributed by atoms with Gasteiger partial charge in [0.2, 0.25) is 0 Å². The van der Waals surface area contributed by atoms with Gasteiger partial charge in [-0.25, -0.2) is 0 Å².